The Morgan fingerprint density at radius 1 is 1.47 bits per heavy atom. The molecule has 0 saturated carbocycles. The average molecular weight is 260 g/mol. The Kier molecular flexibility index (Phi) is 5.43. The molecule has 0 amide bonds. The van der Waals surface area contributed by atoms with Crippen LogP contribution in [0.4, 0.5) is 0 Å². The first-order valence-electron chi connectivity index (χ1n) is 6.05. The van der Waals surface area contributed by atoms with E-state index in [0.717, 1.165) is 22.8 Å². The fraction of sp³-hybridized carbons (Fsp3) is 0.750. The Hall–Kier alpha value is -0.580. The van der Waals surface area contributed by atoms with Crippen molar-refractivity contribution >= 4 is 11.6 Å². The first kappa shape index (κ1) is 14.5. The van der Waals surface area contributed by atoms with E-state index in [2.05, 4.69) is 24.3 Å². The van der Waals surface area contributed by atoms with Crippen molar-refractivity contribution in [2.24, 2.45) is 13.0 Å². The lowest BCUT2D eigenvalue weighted by Gasteiger charge is -2.20. The van der Waals surface area contributed by atoms with E-state index in [1.807, 2.05) is 18.7 Å². The summed E-state index contributed by atoms with van der Waals surface area (Å²) in [5.74, 6) is 0.387. The molecule has 1 rings (SSSR count). The van der Waals surface area contributed by atoms with E-state index in [-0.39, 0.29) is 12.6 Å². The topological polar surface area (TPSA) is 50.1 Å². The fourth-order valence-electron chi connectivity index (χ4n) is 1.75. The number of rotatable bonds is 6. The lowest BCUT2D eigenvalue weighted by atomic mass is 10.1. The van der Waals surface area contributed by atoms with E-state index < -0.39 is 0 Å². The first-order valence-corrected chi connectivity index (χ1v) is 6.43. The van der Waals surface area contributed by atoms with Gasteiger partial charge in [-0.05, 0) is 12.3 Å². The van der Waals surface area contributed by atoms with Crippen molar-refractivity contribution in [2.45, 2.75) is 39.8 Å². The van der Waals surface area contributed by atoms with Crippen molar-refractivity contribution in [1.82, 2.24) is 15.1 Å². The average Bonchev–Trinajstić information content (AvgIpc) is 2.56. The standard InChI is InChI=1S/C12H22ClN3O/c1-5-9-12(13)11(16(4)15-9)6-14-10(7-17)8(2)3/h8,10,14,17H,5-7H2,1-4H3. The number of nitrogens with zero attached hydrogens (tertiary/aromatic N) is 2. The number of nitrogens with one attached hydrogen (secondary N) is 1. The van der Waals surface area contributed by atoms with Gasteiger partial charge in [0, 0.05) is 19.6 Å². The molecule has 4 nitrogen and oxygen atoms in total. The summed E-state index contributed by atoms with van der Waals surface area (Å²) in [7, 11) is 1.89. The van der Waals surface area contributed by atoms with Gasteiger partial charge in [-0.15, -0.1) is 0 Å². The van der Waals surface area contributed by atoms with Gasteiger partial charge in [-0.2, -0.15) is 5.10 Å². The van der Waals surface area contributed by atoms with Gasteiger partial charge in [0.15, 0.2) is 0 Å². The SMILES string of the molecule is CCc1nn(C)c(CNC(CO)C(C)C)c1Cl. The van der Waals surface area contributed by atoms with Crippen molar-refractivity contribution in [3.8, 4) is 0 Å². The van der Waals surface area contributed by atoms with Crippen LogP contribution in [-0.2, 0) is 20.0 Å². The summed E-state index contributed by atoms with van der Waals surface area (Å²) >= 11 is 6.25. The van der Waals surface area contributed by atoms with Crippen molar-refractivity contribution in [1.29, 1.82) is 0 Å². The van der Waals surface area contributed by atoms with Crippen LogP contribution in [0.3, 0.4) is 0 Å². The quantitative estimate of drug-likeness (QED) is 0.818. The van der Waals surface area contributed by atoms with E-state index in [4.69, 9.17) is 11.6 Å². The molecule has 17 heavy (non-hydrogen) atoms. The predicted octanol–water partition coefficient (Wildman–Crippen LogP) is 1.74. The third-order valence-electron chi connectivity index (χ3n) is 3.04. The summed E-state index contributed by atoms with van der Waals surface area (Å²) in [6, 6.07) is 0.0889. The molecule has 1 aromatic rings. The maximum Gasteiger partial charge on any atom is 0.0863 e. The van der Waals surface area contributed by atoms with Crippen molar-refractivity contribution in [3.63, 3.8) is 0 Å². The molecular formula is C12H22ClN3O. The van der Waals surface area contributed by atoms with Gasteiger partial charge in [-0.25, -0.2) is 0 Å². The molecule has 0 aromatic carbocycles. The van der Waals surface area contributed by atoms with Crippen LogP contribution in [0, 0.1) is 5.92 Å². The monoisotopic (exact) mass is 259 g/mol. The van der Waals surface area contributed by atoms with Crippen LogP contribution in [0.1, 0.15) is 32.2 Å². The van der Waals surface area contributed by atoms with Gasteiger partial charge in [-0.1, -0.05) is 32.4 Å². The van der Waals surface area contributed by atoms with E-state index in [1.165, 1.54) is 0 Å². The van der Waals surface area contributed by atoms with Gasteiger partial charge in [0.2, 0.25) is 0 Å². The fourth-order valence-corrected chi connectivity index (χ4v) is 2.11. The number of halogens is 1. The molecule has 1 aromatic heterocycles. The molecule has 0 aliphatic heterocycles. The minimum atomic E-state index is 0.0889. The second kappa shape index (κ2) is 6.38. The largest absolute Gasteiger partial charge is 0.395 e. The van der Waals surface area contributed by atoms with E-state index in [9.17, 15) is 5.11 Å². The zero-order valence-corrected chi connectivity index (χ0v) is 11.8. The predicted molar refractivity (Wildman–Crippen MR) is 70.1 cm³/mol. The first-order chi connectivity index (χ1) is 8.01. The lowest BCUT2D eigenvalue weighted by molar-refractivity contribution is 0.209. The molecule has 1 atom stereocenters. The van der Waals surface area contributed by atoms with Crippen LogP contribution < -0.4 is 5.32 Å². The molecule has 0 radical (unpaired) electrons. The summed E-state index contributed by atoms with van der Waals surface area (Å²) in [6.45, 7) is 6.96. The number of aryl methyl sites for hydroxylation is 2. The molecule has 2 N–H and O–H groups in total. The number of hydrogen-bond acceptors (Lipinski definition) is 3. The smallest absolute Gasteiger partial charge is 0.0863 e. The van der Waals surface area contributed by atoms with Gasteiger partial charge in [-0.3, -0.25) is 4.68 Å². The van der Waals surface area contributed by atoms with Crippen LogP contribution >= 0.6 is 11.6 Å². The molecule has 0 fully saturated rings. The van der Waals surface area contributed by atoms with E-state index in [1.54, 1.807) is 0 Å². The van der Waals surface area contributed by atoms with Gasteiger partial charge < -0.3 is 10.4 Å². The summed E-state index contributed by atoms with van der Waals surface area (Å²) in [5.41, 5.74) is 1.90. The van der Waals surface area contributed by atoms with Crippen molar-refractivity contribution in [2.75, 3.05) is 6.61 Å². The molecule has 0 aliphatic carbocycles. The number of aromatic nitrogens is 2. The molecule has 1 unspecified atom stereocenters. The minimum absolute atomic E-state index is 0.0889. The summed E-state index contributed by atoms with van der Waals surface area (Å²) in [5, 5.41) is 17.7. The Morgan fingerprint density at radius 3 is 2.53 bits per heavy atom. The molecule has 5 heteroatoms. The van der Waals surface area contributed by atoms with Crippen LogP contribution in [0.5, 0.6) is 0 Å². The van der Waals surface area contributed by atoms with Crippen molar-refractivity contribution < 1.29 is 5.11 Å². The van der Waals surface area contributed by atoms with Crippen molar-refractivity contribution in [3.05, 3.63) is 16.4 Å². The number of hydrogen-bond donors (Lipinski definition) is 2. The van der Waals surface area contributed by atoms with E-state index in [0.29, 0.717) is 12.5 Å². The second-order valence-electron chi connectivity index (χ2n) is 4.60. The highest BCUT2D eigenvalue weighted by atomic mass is 35.5. The molecule has 98 valence electrons. The molecule has 1 heterocycles. The second-order valence-corrected chi connectivity index (χ2v) is 4.98. The Labute approximate surface area is 108 Å². The highest BCUT2D eigenvalue weighted by Crippen LogP contribution is 2.20. The van der Waals surface area contributed by atoms with Crippen LogP contribution in [0.2, 0.25) is 5.02 Å². The summed E-state index contributed by atoms with van der Waals surface area (Å²) < 4.78 is 1.81. The Morgan fingerprint density at radius 2 is 2.12 bits per heavy atom. The Bertz CT molecular complexity index is 363. The summed E-state index contributed by atoms with van der Waals surface area (Å²) in [4.78, 5) is 0. The lowest BCUT2D eigenvalue weighted by Crippen LogP contribution is -2.37. The zero-order valence-electron chi connectivity index (χ0n) is 11.0. The number of aliphatic hydroxyl groups excluding tert-OH is 1. The third kappa shape index (κ3) is 3.44. The highest BCUT2D eigenvalue weighted by Gasteiger charge is 2.16. The van der Waals surface area contributed by atoms with Gasteiger partial charge >= 0.3 is 0 Å². The van der Waals surface area contributed by atoms with Crippen LogP contribution in [-0.4, -0.2) is 27.5 Å². The van der Waals surface area contributed by atoms with E-state index >= 15 is 0 Å². The molecule has 0 bridgehead atoms. The maximum atomic E-state index is 9.25. The molecule has 0 saturated heterocycles. The Balaban J connectivity index is 2.72. The van der Waals surface area contributed by atoms with Gasteiger partial charge in [0.05, 0.1) is 23.0 Å². The van der Waals surface area contributed by atoms with Gasteiger partial charge in [0.1, 0.15) is 0 Å². The number of aliphatic hydroxyl groups is 1. The normalized spacial score (nSPS) is 13.4. The zero-order chi connectivity index (χ0) is 13.0. The highest BCUT2D eigenvalue weighted by molar-refractivity contribution is 6.31. The molecule has 0 spiro atoms. The molecular weight excluding hydrogens is 238 g/mol. The maximum absolute atomic E-state index is 9.25. The third-order valence-corrected chi connectivity index (χ3v) is 3.47. The minimum Gasteiger partial charge on any atom is -0.395 e. The van der Waals surface area contributed by atoms with Crippen LogP contribution in [0.25, 0.3) is 0 Å². The van der Waals surface area contributed by atoms with Crippen LogP contribution in [0.15, 0.2) is 0 Å². The van der Waals surface area contributed by atoms with Gasteiger partial charge in [0.25, 0.3) is 0 Å². The molecule has 0 aliphatic rings. The summed E-state index contributed by atoms with van der Waals surface area (Å²) in [6.07, 6.45) is 0.834.